The zero-order chi connectivity index (χ0) is 20.6. The van der Waals surface area contributed by atoms with Crippen molar-refractivity contribution in [1.82, 2.24) is 15.0 Å². The molecule has 0 atom stereocenters. The number of ether oxygens (including phenoxy) is 2. The summed E-state index contributed by atoms with van der Waals surface area (Å²) in [5.41, 5.74) is 8.72. The van der Waals surface area contributed by atoms with Gasteiger partial charge in [-0.2, -0.15) is 15.0 Å². The van der Waals surface area contributed by atoms with Gasteiger partial charge in [0.15, 0.2) is 19.0 Å². The van der Waals surface area contributed by atoms with Crippen molar-refractivity contribution in [2.75, 3.05) is 17.7 Å². The largest absolute Gasteiger partial charge is 0.482 e. The SMILES string of the molecule is CCc1ccccc1Nc1nc(N)nc(COC(=O)COc2ccccc2C)n1. The minimum atomic E-state index is -0.530. The molecule has 0 bridgehead atoms. The number of benzene rings is 2. The number of hydrogen-bond acceptors (Lipinski definition) is 8. The molecule has 0 spiro atoms. The molecule has 3 aromatic rings. The highest BCUT2D eigenvalue weighted by Crippen LogP contribution is 2.19. The van der Waals surface area contributed by atoms with Crippen LogP contribution in [0, 0.1) is 6.92 Å². The molecule has 1 heterocycles. The molecule has 0 saturated heterocycles. The molecule has 3 rings (SSSR count). The minimum absolute atomic E-state index is 0.0405. The number of hydrogen-bond donors (Lipinski definition) is 2. The molecule has 29 heavy (non-hydrogen) atoms. The van der Waals surface area contributed by atoms with Crippen molar-refractivity contribution < 1.29 is 14.3 Å². The van der Waals surface area contributed by atoms with Crippen LogP contribution in [0.25, 0.3) is 0 Å². The van der Waals surface area contributed by atoms with Crippen molar-refractivity contribution in [3.63, 3.8) is 0 Å². The van der Waals surface area contributed by atoms with E-state index in [1.165, 1.54) is 0 Å². The van der Waals surface area contributed by atoms with Crippen LogP contribution in [0.5, 0.6) is 5.75 Å². The Balaban J connectivity index is 1.59. The summed E-state index contributed by atoms with van der Waals surface area (Å²) in [5.74, 6) is 0.686. The molecule has 0 aliphatic heterocycles. The van der Waals surface area contributed by atoms with Gasteiger partial charge in [-0.25, -0.2) is 4.79 Å². The summed E-state index contributed by atoms with van der Waals surface area (Å²) in [7, 11) is 0. The highest BCUT2D eigenvalue weighted by Gasteiger charge is 2.11. The first-order chi connectivity index (χ1) is 14.0. The van der Waals surface area contributed by atoms with Gasteiger partial charge in [0.05, 0.1) is 0 Å². The highest BCUT2D eigenvalue weighted by atomic mass is 16.6. The molecule has 150 valence electrons. The van der Waals surface area contributed by atoms with E-state index in [-0.39, 0.29) is 25.0 Å². The van der Waals surface area contributed by atoms with Gasteiger partial charge in [0.1, 0.15) is 5.75 Å². The fourth-order valence-electron chi connectivity index (χ4n) is 2.67. The van der Waals surface area contributed by atoms with Crippen LogP contribution in [0.4, 0.5) is 17.6 Å². The number of rotatable bonds is 8. The second-order valence-corrected chi connectivity index (χ2v) is 6.28. The molecular weight excluding hydrogens is 370 g/mol. The van der Waals surface area contributed by atoms with Gasteiger partial charge in [0.25, 0.3) is 0 Å². The van der Waals surface area contributed by atoms with Crippen LogP contribution in [0.2, 0.25) is 0 Å². The monoisotopic (exact) mass is 393 g/mol. The van der Waals surface area contributed by atoms with Crippen molar-refractivity contribution in [3.05, 3.63) is 65.5 Å². The van der Waals surface area contributed by atoms with Crippen molar-refractivity contribution in [1.29, 1.82) is 0 Å². The minimum Gasteiger partial charge on any atom is -0.482 e. The van der Waals surface area contributed by atoms with Gasteiger partial charge < -0.3 is 20.5 Å². The number of nitrogens with zero attached hydrogens (tertiary/aromatic N) is 3. The Morgan fingerprint density at radius 2 is 1.83 bits per heavy atom. The van der Waals surface area contributed by atoms with Gasteiger partial charge >= 0.3 is 5.97 Å². The predicted molar refractivity (Wildman–Crippen MR) is 110 cm³/mol. The molecule has 1 aromatic heterocycles. The van der Waals surface area contributed by atoms with Crippen molar-refractivity contribution >= 4 is 23.6 Å². The molecule has 3 N–H and O–H groups in total. The summed E-state index contributed by atoms with van der Waals surface area (Å²) in [6.45, 7) is 3.62. The van der Waals surface area contributed by atoms with Crippen LogP contribution in [0.3, 0.4) is 0 Å². The molecule has 8 nitrogen and oxygen atoms in total. The van der Waals surface area contributed by atoms with E-state index in [0.717, 1.165) is 23.2 Å². The maximum atomic E-state index is 12.0. The zero-order valence-electron chi connectivity index (χ0n) is 16.4. The maximum absolute atomic E-state index is 12.0. The first kappa shape index (κ1) is 20.1. The molecule has 0 amide bonds. The normalized spacial score (nSPS) is 10.4. The highest BCUT2D eigenvalue weighted by molar-refractivity contribution is 5.71. The van der Waals surface area contributed by atoms with E-state index in [1.807, 2.05) is 49.4 Å². The van der Waals surface area contributed by atoms with Crippen LogP contribution >= 0.6 is 0 Å². The number of carbonyl (C=O) groups excluding carboxylic acids is 1. The number of para-hydroxylation sites is 2. The van der Waals surface area contributed by atoms with Gasteiger partial charge in [-0.05, 0) is 36.6 Å². The second-order valence-electron chi connectivity index (χ2n) is 6.28. The average molecular weight is 393 g/mol. The van der Waals surface area contributed by atoms with E-state index in [4.69, 9.17) is 15.2 Å². The Bertz CT molecular complexity index is 994. The lowest BCUT2D eigenvalue weighted by atomic mass is 10.1. The van der Waals surface area contributed by atoms with E-state index >= 15 is 0 Å². The number of aryl methyl sites for hydroxylation is 2. The van der Waals surface area contributed by atoms with Crippen LogP contribution in [-0.4, -0.2) is 27.5 Å². The number of carbonyl (C=O) groups is 1. The quantitative estimate of drug-likeness (QED) is 0.561. The molecule has 0 radical (unpaired) electrons. The smallest absolute Gasteiger partial charge is 0.344 e. The summed E-state index contributed by atoms with van der Waals surface area (Å²) >= 11 is 0. The average Bonchev–Trinajstić information content (AvgIpc) is 2.71. The van der Waals surface area contributed by atoms with Gasteiger partial charge in [-0.3, -0.25) is 0 Å². The summed E-state index contributed by atoms with van der Waals surface area (Å²) in [6.07, 6.45) is 0.856. The number of aromatic nitrogens is 3. The lowest BCUT2D eigenvalue weighted by Gasteiger charge is -2.11. The standard InChI is InChI=1S/C21H23N5O3/c1-3-15-9-5-6-10-16(15)23-21-25-18(24-20(22)26-21)12-29-19(27)13-28-17-11-7-4-8-14(17)2/h4-11H,3,12-13H2,1-2H3,(H3,22,23,24,25,26). The van der Waals surface area contributed by atoms with E-state index in [0.29, 0.717) is 11.7 Å². The van der Waals surface area contributed by atoms with Crippen LogP contribution in [0.15, 0.2) is 48.5 Å². The lowest BCUT2D eigenvalue weighted by molar-refractivity contribution is -0.147. The molecule has 0 saturated carbocycles. The van der Waals surface area contributed by atoms with Crippen LogP contribution in [0.1, 0.15) is 23.9 Å². The van der Waals surface area contributed by atoms with E-state index < -0.39 is 5.97 Å². The third kappa shape index (κ3) is 5.65. The Kier molecular flexibility index (Phi) is 6.57. The van der Waals surface area contributed by atoms with Crippen molar-refractivity contribution in [2.45, 2.75) is 26.9 Å². The number of nitrogen functional groups attached to an aromatic ring is 1. The van der Waals surface area contributed by atoms with Gasteiger partial charge in [0.2, 0.25) is 11.9 Å². The maximum Gasteiger partial charge on any atom is 0.344 e. The Morgan fingerprint density at radius 1 is 1.07 bits per heavy atom. The Labute approximate surface area is 169 Å². The number of nitrogens with one attached hydrogen (secondary N) is 1. The molecule has 0 fully saturated rings. The summed E-state index contributed by atoms with van der Waals surface area (Å²) in [6, 6.07) is 15.3. The first-order valence-corrected chi connectivity index (χ1v) is 9.24. The third-order valence-electron chi connectivity index (χ3n) is 4.15. The third-order valence-corrected chi connectivity index (χ3v) is 4.15. The second kappa shape index (κ2) is 9.50. The lowest BCUT2D eigenvalue weighted by Crippen LogP contribution is -2.16. The number of anilines is 3. The first-order valence-electron chi connectivity index (χ1n) is 9.24. The van der Waals surface area contributed by atoms with E-state index in [2.05, 4.69) is 27.2 Å². The van der Waals surface area contributed by atoms with E-state index in [9.17, 15) is 4.79 Å². The van der Waals surface area contributed by atoms with Gasteiger partial charge in [-0.1, -0.05) is 43.3 Å². The summed E-state index contributed by atoms with van der Waals surface area (Å²) in [5, 5.41) is 3.14. The van der Waals surface area contributed by atoms with E-state index in [1.54, 1.807) is 6.07 Å². The molecule has 8 heteroatoms. The zero-order valence-corrected chi connectivity index (χ0v) is 16.4. The summed E-state index contributed by atoms with van der Waals surface area (Å²) < 4.78 is 10.7. The van der Waals surface area contributed by atoms with Gasteiger partial charge in [-0.15, -0.1) is 0 Å². The molecule has 0 unspecified atom stereocenters. The topological polar surface area (TPSA) is 112 Å². The number of esters is 1. The molecule has 0 aliphatic carbocycles. The fourth-order valence-corrected chi connectivity index (χ4v) is 2.67. The Morgan fingerprint density at radius 3 is 2.62 bits per heavy atom. The van der Waals surface area contributed by atoms with Crippen molar-refractivity contribution in [3.8, 4) is 5.75 Å². The molecule has 0 aliphatic rings. The fraction of sp³-hybridized carbons (Fsp3) is 0.238. The molecule has 2 aromatic carbocycles. The van der Waals surface area contributed by atoms with Gasteiger partial charge in [0, 0.05) is 5.69 Å². The summed E-state index contributed by atoms with van der Waals surface area (Å²) in [4.78, 5) is 24.4. The van der Waals surface area contributed by atoms with Crippen LogP contribution < -0.4 is 15.8 Å². The van der Waals surface area contributed by atoms with Crippen LogP contribution in [-0.2, 0) is 22.6 Å². The Hall–Kier alpha value is -3.68. The molecular formula is C21H23N5O3. The van der Waals surface area contributed by atoms with Crippen molar-refractivity contribution in [2.24, 2.45) is 0 Å². The number of nitrogens with two attached hydrogens (primary N) is 1. The predicted octanol–water partition coefficient (Wildman–Crippen LogP) is 3.19.